The molecule has 0 saturated carbocycles. The molecular formula is C24H31FN2O4. The van der Waals surface area contributed by atoms with Crippen LogP contribution in [-0.4, -0.2) is 86.1 Å². The number of benzene rings is 2. The number of methoxy groups -OCH3 is 1. The van der Waals surface area contributed by atoms with Crippen molar-refractivity contribution in [3.8, 4) is 0 Å². The Morgan fingerprint density at radius 2 is 2.00 bits per heavy atom. The van der Waals surface area contributed by atoms with Gasteiger partial charge in [-0.2, -0.15) is 0 Å². The number of β-amino-alcohol motifs (C(OH)–C–C–N with tert-alkyl or cyclic N) is 1. The van der Waals surface area contributed by atoms with E-state index in [1.165, 1.54) is 12.1 Å². The normalized spacial score (nSPS) is 18.0. The van der Waals surface area contributed by atoms with Gasteiger partial charge in [0, 0.05) is 39.8 Å². The lowest BCUT2D eigenvalue weighted by atomic mass is 10.1. The van der Waals surface area contributed by atoms with E-state index in [1.54, 1.807) is 24.1 Å². The Bertz CT molecular complexity index is 820. The third-order valence-corrected chi connectivity index (χ3v) is 5.39. The van der Waals surface area contributed by atoms with Gasteiger partial charge in [-0.1, -0.05) is 42.5 Å². The summed E-state index contributed by atoms with van der Waals surface area (Å²) in [4.78, 5) is 16.7. The lowest BCUT2D eigenvalue weighted by molar-refractivity contribution is -0.0515. The zero-order chi connectivity index (χ0) is 22.1. The fourth-order valence-corrected chi connectivity index (χ4v) is 3.83. The zero-order valence-corrected chi connectivity index (χ0v) is 18.0. The van der Waals surface area contributed by atoms with Crippen molar-refractivity contribution >= 4 is 5.91 Å². The summed E-state index contributed by atoms with van der Waals surface area (Å²) in [6.07, 6.45) is -0.106. The summed E-state index contributed by atoms with van der Waals surface area (Å²) < 4.78 is 25.2. The van der Waals surface area contributed by atoms with Crippen LogP contribution in [0.25, 0.3) is 0 Å². The molecule has 1 aliphatic heterocycles. The van der Waals surface area contributed by atoms with Crippen LogP contribution in [0.4, 0.5) is 4.39 Å². The molecule has 1 fully saturated rings. The first-order valence-electron chi connectivity index (χ1n) is 10.7. The summed E-state index contributed by atoms with van der Waals surface area (Å²) in [7, 11) is 1.57. The molecule has 2 aromatic carbocycles. The average Bonchev–Trinajstić information content (AvgIpc) is 2.77. The van der Waals surface area contributed by atoms with Gasteiger partial charge in [-0.25, -0.2) is 4.39 Å². The Hall–Kier alpha value is -2.32. The highest BCUT2D eigenvalue weighted by atomic mass is 19.1. The predicted octanol–water partition coefficient (Wildman–Crippen LogP) is 2.22. The Labute approximate surface area is 183 Å². The van der Waals surface area contributed by atoms with E-state index in [1.807, 2.05) is 30.3 Å². The number of rotatable bonds is 10. The van der Waals surface area contributed by atoms with Gasteiger partial charge >= 0.3 is 0 Å². The highest BCUT2D eigenvalue weighted by Crippen LogP contribution is 2.14. The van der Waals surface area contributed by atoms with Gasteiger partial charge < -0.3 is 19.5 Å². The number of halogens is 1. The van der Waals surface area contributed by atoms with Crippen LogP contribution in [-0.2, 0) is 15.9 Å². The molecule has 1 heterocycles. The fraction of sp³-hybridized carbons (Fsp3) is 0.458. The molecule has 168 valence electrons. The third kappa shape index (κ3) is 7.11. The molecule has 0 bridgehead atoms. The Morgan fingerprint density at radius 1 is 1.26 bits per heavy atom. The van der Waals surface area contributed by atoms with Crippen molar-refractivity contribution in [2.75, 3.05) is 53.0 Å². The number of hydrogen-bond donors (Lipinski definition) is 1. The first-order chi connectivity index (χ1) is 15.1. The summed E-state index contributed by atoms with van der Waals surface area (Å²) in [5.74, 6) is -0.912. The number of carbonyl (C=O) groups is 1. The summed E-state index contributed by atoms with van der Waals surface area (Å²) in [5, 5.41) is 10.5. The summed E-state index contributed by atoms with van der Waals surface area (Å²) in [6, 6.07) is 15.9. The maximum atomic E-state index is 14.1. The molecule has 0 radical (unpaired) electrons. The van der Waals surface area contributed by atoms with E-state index < -0.39 is 11.9 Å². The van der Waals surface area contributed by atoms with Gasteiger partial charge in [-0.05, 0) is 24.1 Å². The quantitative estimate of drug-likeness (QED) is 0.626. The van der Waals surface area contributed by atoms with E-state index in [-0.39, 0.29) is 17.6 Å². The van der Waals surface area contributed by atoms with E-state index in [4.69, 9.17) is 9.47 Å². The second-order valence-corrected chi connectivity index (χ2v) is 7.82. The maximum Gasteiger partial charge on any atom is 0.256 e. The number of aliphatic hydroxyl groups is 1. The van der Waals surface area contributed by atoms with Crippen molar-refractivity contribution in [2.45, 2.75) is 18.6 Å². The molecule has 7 heteroatoms. The molecule has 6 nitrogen and oxygen atoms in total. The van der Waals surface area contributed by atoms with Gasteiger partial charge in [-0.3, -0.25) is 9.69 Å². The lowest BCUT2D eigenvalue weighted by Gasteiger charge is -2.36. The first-order valence-corrected chi connectivity index (χ1v) is 10.7. The van der Waals surface area contributed by atoms with Crippen molar-refractivity contribution in [1.82, 2.24) is 9.80 Å². The molecule has 0 spiro atoms. The number of morpholine rings is 1. The van der Waals surface area contributed by atoms with Crippen molar-refractivity contribution < 1.29 is 23.8 Å². The second kappa shape index (κ2) is 11.9. The van der Waals surface area contributed by atoms with Gasteiger partial charge in [0.25, 0.3) is 5.91 Å². The van der Waals surface area contributed by atoms with Gasteiger partial charge in [0.1, 0.15) is 5.82 Å². The Balaban J connectivity index is 1.58. The van der Waals surface area contributed by atoms with Crippen LogP contribution in [0.2, 0.25) is 0 Å². The smallest absolute Gasteiger partial charge is 0.256 e. The minimum Gasteiger partial charge on any atom is -0.391 e. The predicted molar refractivity (Wildman–Crippen MR) is 117 cm³/mol. The van der Waals surface area contributed by atoms with E-state index in [9.17, 15) is 14.3 Å². The van der Waals surface area contributed by atoms with Crippen LogP contribution >= 0.6 is 0 Å². The fourth-order valence-electron chi connectivity index (χ4n) is 3.83. The number of carbonyl (C=O) groups excluding carboxylic acids is 1. The van der Waals surface area contributed by atoms with Crippen molar-refractivity contribution in [3.05, 3.63) is 71.5 Å². The van der Waals surface area contributed by atoms with E-state index in [0.717, 1.165) is 12.1 Å². The van der Waals surface area contributed by atoms with Crippen LogP contribution in [0.1, 0.15) is 15.9 Å². The molecule has 2 aromatic rings. The van der Waals surface area contributed by atoms with E-state index in [0.29, 0.717) is 45.8 Å². The highest BCUT2D eigenvalue weighted by molar-refractivity contribution is 5.94. The number of hydrogen-bond acceptors (Lipinski definition) is 5. The van der Waals surface area contributed by atoms with Gasteiger partial charge in [0.15, 0.2) is 0 Å². The van der Waals surface area contributed by atoms with Crippen LogP contribution in [0.5, 0.6) is 0 Å². The number of amides is 1. The topological polar surface area (TPSA) is 62.2 Å². The van der Waals surface area contributed by atoms with Crippen LogP contribution < -0.4 is 0 Å². The number of ether oxygens (including phenoxy) is 2. The molecule has 0 unspecified atom stereocenters. The molecule has 0 aromatic heterocycles. The molecule has 1 amide bonds. The van der Waals surface area contributed by atoms with Crippen LogP contribution in [0.15, 0.2) is 54.6 Å². The SMILES string of the molecule is COCCN(C[C@H]1CN(C[C@H](O)Cc2ccccc2)CCO1)C(=O)c1ccccc1F. The highest BCUT2D eigenvalue weighted by Gasteiger charge is 2.27. The molecule has 0 aliphatic carbocycles. The molecule has 1 aliphatic rings. The van der Waals surface area contributed by atoms with Gasteiger partial charge in [-0.15, -0.1) is 0 Å². The molecule has 1 saturated heterocycles. The van der Waals surface area contributed by atoms with Crippen molar-refractivity contribution in [2.24, 2.45) is 0 Å². The van der Waals surface area contributed by atoms with Crippen molar-refractivity contribution in [3.63, 3.8) is 0 Å². The lowest BCUT2D eigenvalue weighted by Crippen LogP contribution is -2.51. The van der Waals surface area contributed by atoms with Gasteiger partial charge in [0.2, 0.25) is 0 Å². The third-order valence-electron chi connectivity index (χ3n) is 5.39. The number of nitrogens with zero attached hydrogens (tertiary/aromatic N) is 2. The minimum absolute atomic E-state index is 0.0459. The minimum atomic E-state index is -0.537. The van der Waals surface area contributed by atoms with Crippen LogP contribution in [0, 0.1) is 5.82 Å². The largest absolute Gasteiger partial charge is 0.391 e. The van der Waals surface area contributed by atoms with Gasteiger partial charge in [0.05, 0.1) is 31.0 Å². The van der Waals surface area contributed by atoms with E-state index in [2.05, 4.69) is 4.90 Å². The molecule has 2 atom stereocenters. The van der Waals surface area contributed by atoms with Crippen molar-refractivity contribution in [1.29, 1.82) is 0 Å². The van der Waals surface area contributed by atoms with E-state index >= 15 is 0 Å². The molecule has 31 heavy (non-hydrogen) atoms. The molecule has 1 N–H and O–H groups in total. The average molecular weight is 431 g/mol. The second-order valence-electron chi connectivity index (χ2n) is 7.82. The maximum absolute atomic E-state index is 14.1. The standard InChI is InChI=1S/C24H31FN2O4/c1-30-13-12-27(24(29)22-9-5-6-10-23(22)25)18-21-17-26(11-14-31-21)16-20(28)15-19-7-3-2-4-8-19/h2-10,20-21,28H,11-18H2,1H3/t20-,21-/m1/s1. The summed E-state index contributed by atoms with van der Waals surface area (Å²) in [5.41, 5.74) is 1.14. The Morgan fingerprint density at radius 3 is 2.74 bits per heavy atom. The number of aliphatic hydroxyl groups excluding tert-OH is 1. The summed E-state index contributed by atoms with van der Waals surface area (Å²) in [6.45, 7) is 3.42. The Kier molecular flexibility index (Phi) is 8.97. The summed E-state index contributed by atoms with van der Waals surface area (Å²) >= 11 is 0. The van der Waals surface area contributed by atoms with Crippen LogP contribution in [0.3, 0.4) is 0 Å². The molecule has 3 rings (SSSR count). The monoisotopic (exact) mass is 430 g/mol. The zero-order valence-electron chi connectivity index (χ0n) is 18.0. The first kappa shape index (κ1) is 23.3. The molecular weight excluding hydrogens is 399 g/mol.